The Morgan fingerprint density at radius 3 is 2.09 bits per heavy atom. The number of allylic oxidation sites excluding steroid dienone is 5. The topological polar surface area (TPSA) is 0 Å². The highest BCUT2D eigenvalue weighted by Gasteiger charge is 2.29. The van der Waals surface area contributed by atoms with Gasteiger partial charge in [-0.15, -0.1) is 0 Å². The molecule has 126 valence electrons. The molecule has 2 atom stereocenters. The van der Waals surface area contributed by atoms with Crippen LogP contribution >= 0.6 is 0 Å². The number of hydrogen-bond donors (Lipinski definition) is 0. The smallest absolute Gasteiger partial charge is 0.0215 e. The summed E-state index contributed by atoms with van der Waals surface area (Å²) in [5.74, 6) is 1.81. The lowest BCUT2D eigenvalue weighted by atomic mass is 9.69. The highest BCUT2D eigenvalue weighted by molar-refractivity contribution is 5.49. The zero-order chi connectivity index (χ0) is 16.7. The minimum absolute atomic E-state index is 0.899. The zero-order valence-electron chi connectivity index (χ0n) is 16.0. The molecule has 0 N–H and O–H groups in total. The fourth-order valence-electron chi connectivity index (χ4n) is 3.84. The second-order valence-corrected chi connectivity index (χ2v) is 7.57. The summed E-state index contributed by atoms with van der Waals surface area (Å²) in [6.07, 6.45) is 10.6. The molecule has 1 aliphatic rings. The average molecular weight is 303 g/mol. The summed E-state index contributed by atoms with van der Waals surface area (Å²) in [4.78, 5) is 0. The molecule has 0 aromatic heterocycles. The first-order chi connectivity index (χ1) is 10.4. The third kappa shape index (κ3) is 5.14. The fourth-order valence-corrected chi connectivity index (χ4v) is 3.84. The predicted octanol–water partition coefficient (Wildman–Crippen LogP) is 7.62. The van der Waals surface area contributed by atoms with Crippen LogP contribution < -0.4 is 0 Å². The number of rotatable bonds is 9. The van der Waals surface area contributed by atoms with Gasteiger partial charge in [0.25, 0.3) is 0 Å². The van der Waals surface area contributed by atoms with Crippen molar-refractivity contribution in [1.29, 1.82) is 0 Å². The van der Waals surface area contributed by atoms with Crippen molar-refractivity contribution in [3.63, 3.8) is 0 Å². The lowest BCUT2D eigenvalue weighted by molar-refractivity contribution is 0.196. The summed E-state index contributed by atoms with van der Waals surface area (Å²) >= 11 is 0. The molecule has 2 unspecified atom stereocenters. The van der Waals surface area contributed by atoms with Crippen molar-refractivity contribution in [3.8, 4) is 0 Å². The van der Waals surface area contributed by atoms with Crippen LogP contribution in [-0.4, -0.2) is 0 Å². The molecule has 0 nitrogen and oxygen atoms in total. The molecule has 22 heavy (non-hydrogen) atoms. The van der Waals surface area contributed by atoms with E-state index in [1.54, 1.807) is 11.1 Å². The third-order valence-electron chi connectivity index (χ3n) is 5.43. The molecule has 0 heterocycles. The van der Waals surface area contributed by atoms with Gasteiger partial charge < -0.3 is 0 Å². The molecule has 0 bridgehead atoms. The Bertz CT molecular complexity index is 429. The van der Waals surface area contributed by atoms with E-state index in [0.717, 1.165) is 11.8 Å². The van der Waals surface area contributed by atoms with Crippen LogP contribution in [0.25, 0.3) is 0 Å². The lowest BCUT2D eigenvalue weighted by Gasteiger charge is -2.36. The van der Waals surface area contributed by atoms with Crippen LogP contribution in [0.5, 0.6) is 0 Å². The lowest BCUT2D eigenvalue weighted by Crippen LogP contribution is -2.24. The van der Waals surface area contributed by atoms with E-state index in [1.165, 1.54) is 68.1 Å². The van der Waals surface area contributed by atoms with E-state index >= 15 is 0 Å². The highest BCUT2D eigenvalue weighted by Crippen LogP contribution is 2.42. The molecule has 1 aliphatic carbocycles. The predicted molar refractivity (Wildman–Crippen MR) is 101 cm³/mol. The maximum atomic E-state index is 4.29. The van der Waals surface area contributed by atoms with Gasteiger partial charge in [0.05, 0.1) is 0 Å². The Balaban J connectivity index is 3.11. The standard InChI is InChI=1S/C22H38/c1-8-10-11-12-19(9-2)21(15-20-14-13-18(20)7)22(16(3)4)17(5)6/h18,20H,3,8-15H2,1-2,4-7H3. The molecular formula is C22H38. The SMILES string of the molecule is C=C(C)C(=C(C)C)C(CC1CCC1C)=C(CC)CCCCC. The molecular weight excluding hydrogens is 264 g/mol. The summed E-state index contributed by atoms with van der Waals surface area (Å²) in [7, 11) is 0. The van der Waals surface area contributed by atoms with E-state index in [9.17, 15) is 0 Å². The van der Waals surface area contributed by atoms with Gasteiger partial charge in [0.15, 0.2) is 0 Å². The van der Waals surface area contributed by atoms with Crippen molar-refractivity contribution in [2.45, 2.75) is 92.9 Å². The van der Waals surface area contributed by atoms with Crippen LogP contribution in [0.4, 0.5) is 0 Å². The normalized spacial score (nSPS) is 21.9. The molecule has 0 aromatic carbocycles. The Morgan fingerprint density at radius 1 is 1.05 bits per heavy atom. The summed E-state index contributed by atoms with van der Waals surface area (Å²) < 4.78 is 0. The molecule has 0 amide bonds. The second-order valence-electron chi connectivity index (χ2n) is 7.57. The summed E-state index contributed by atoms with van der Waals surface area (Å²) in [6.45, 7) is 18.1. The van der Waals surface area contributed by atoms with Gasteiger partial charge in [0, 0.05) is 0 Å². The van der Waals surface area contributed by atoms with Crippen molar-refractivity contribution < 1.29 is 0 Å². The Labute approximate surface area is 139 Å². The minimum atomic E-state index is 0.899. The van der Waals surface area contributed by atoms with Crippen molar-refractivity contribution in [2.24, 2.45) is 11.8 Å². The van der Waals surface area contributed by atoms with Crippen molar-refractivity contribution in [1.82, 2.24) is 0 Å². The highest BCUT2D eigenvalue weighted by atomic mass is 14.3. The minimum Gasteiger partial charge on any atom is -0.0955 e. The van der Waals surface area contributed by atoms with E-state index in [4.69, 9.17) is 0 Å². The summed E-state index contributed by atoms with van der Waals surface area (Å²) in [6, 6.07) is 0. The molecule has 1 fully saturated rings. The van der Waals surface area contributed by atoms with E-state index in [1.807, 2.05) is 0 Å². The summed E-state index contributed by atoms with van der Waals surface area (Å²) in [5.41, 5.74) is 7.53. The molecule has 0 spiro atoms. The van der Waals surface area contributed by atoms with Crippen molar-refractivity contribution in [2.75, 3.05) is 0 Å². The van der Waals surface area contributed by atoms with E-state index in [2.05, 4.69) is 48.1 Å². The van der Waals surface area contributed by atoms with Gasteiger partial charge in [-0.2, -0.15) is 0 Å². The van der Waals surface area contributed by atoms with Gasteiger partial charge in [0.1, 0.15) is 0 Å². The maximum absolute atomic E-state index is 4.29. The number of hydrogen-bond acceptors (Lipinski definition) is 0. The maximum Gasteiger partial charge on any atom is -0.0215 e. The van der Waals surface area contributed by atoms with Gasteiger partial charge in [0.2, 0.25) is 0 Å². The number of unbranched alkanes of at least 4 members (excludes halogenated alkanes) is 2. The van der Waals surface area contributed by atoms with Gasteiger partial charge in [-0.3, -0.25) is 0 Å². The van der Waals surface area contributed by atoms with Crippen LogP contribution in [0.3, 0.4) is 0 Å². The van der Waals surface area contributed by atoms with Crippen LogP contribution in [0, 0.1) is 11.8 Å². The Morgan fingerprint density at radius 2 is 1.73 bits per heavy atom. The Kier molecular flexibility index (Phi) is 8.21. The van der Waals surface area contributed by atoms with Crippen LogP contribution in [0.1, 0.15) is 92.9 Å². The third-order valence-corrected chi connectivity index (χ3v) is 5.43. The second kappa shape index (κ2) is 9.38. The Hall–Kier alpha value is -0.780. The van der Waals surface area contributed by atoms with Crippen molar-refractivity contribution >= 4 is 0 Å². The molecule has 1 rings (SSSR count). The fraction of sp³-hybridized carbons (Fsp3) is 0.727. The largest absolute Gasteiger partial charge is 0.0955 e. The van der Waals surface area contributed by atoms with Crippen LogP contribution in [0.2, 0.25) is 0 Å². The van der Waals surface area contributed by atoms with E-state index < -0.39 is 0 Å². The quantitative estimate of drug-likeness (QED) is 0.303. The van der Waals surface area contributed by atoms with Crippen molar-refractivity contribution in [3.05, 3.63) is 34.4 Å². The van der Waals surface area contributed by atoms with Gasteiger partial charge in [-0.05, 0) is 75.9 Å². The first kappa shape index (κ1) is 19.3. The molecule has 1 saturated carbocycles. The molecule has 0 radical (unpaired) electrons. The van der Waals surface area contributed by atoms with Gasteiger partial charge in [-0.25, -0.2) is 0 Å². The van der Waals surface area contributed by atoms with Gasteiger partial charge in [-0.1, -0.05) is 63.3 Å². The average Bonchev–Trinajstić information content (AvgIpc) is 2.45. The van der Waals surface area contributed by atoms with E-state index in [-0.39, 0.29) is 0 Å². The van der Waals surface area contributed by atoms with Crippen LogP contribution in [0.15, 0.2) is 34.4 Å². The molecule has 0 saturated heterocycles. The summed E-state index contributed by atoms with van der Waals surface area (Å²) in [5, 5.41) is 0. The molecule has 0 aromatic rings. The molecule has 0 aliphatic heterocycles. The van der Waals surface area contributed by atoms with Crippen LogP contribution in [-0.2, 0) is 0 Å². The van der Waals surface area contributed by atoms with E-state index in [0.29, 0.717) is 0 Å². The molecule has 0 heteroatoms. The first-order valence-corrected chi connectivity index (χ1v) is 9.46. The monoisotopic (exact) mass is 302 g/mol. The first-order valence-electron chi connectivity index (χ1n) is 9.46. The van der Waals surface area contributed by atoms with Gasteiger partial charge >= 0.3 is 0 Å². The zero-order valence-corrected chi connectivity index (χ0v) is 16.0.